The van der Waals surface area contributed by atoms with E-state index in [1.165, 1.54) is 12.3 Å². The van der Waals surface area contributed by atoms with E-state index in [2.05, 4.69) is 22.5 Å². The molecule has 0 fully saturated rings. The lowest BCUT2D eigenvalue weighted by Gasteiger charge is -2.29. The molecule has 0 aromatic carbocycles. The van der Waals surface area contributed by atoms with Crippen LogP contribution in [-0.4, -0.2) is 42.1 Å². The Morgan fingerprint density at radius 1 is 1.25 bits per heavy atom. The summed E-state index contributed by atoms with van der Waals surface area (Å²) in [5, 5.41) is 5.42. The summed E-state index contributed by atoms with van der Waals surface area (Å²) in [5.74, 6) is 4.52. The molecule has 1 aliphatic heterocycles. The van der Waals surface area contributed by atoms with Gasteiger partial charge in [0, 0.05) is 36.8 Å². The van der Waals surface area contributed by atoms with Crippen LogP contribution in [0, 0.1) is 23.2 Å². The second-order valence-electron chi connectivity index (χ2n) is 10.7. The van der Waals surface area contributed by atoms with Gasteiger partial charge in [-0.3, -0.25) is 9.59 Å². The van der Waals surface area contributed by atoms with Gasteiger partial charge in [-0.15, -0.1) is 5.92 Å². The first kappa shape index (κ1) is 34.0. The van der Waals surface area contributed by atoms with Gasteiger partial charge in [-0.1, -0.05) is 75.6 Å². The molecule has 4 atom stereocenters. The van der Waals surface area contributed by atoms with Crippen molar-refractivity contribution in [2.45, 2.75) is 86.0 Å². The van der Waals surface area contributed by atoms with Crippen LogP contribution in [0.15, 0.2) is 59.9 Å². The highest BCUT2D eigenvalue weighted by atomic mass is 16.6. The fourth-order valence-corrected chi connectivity index (χ4v) is 3.77. The van der Waals surface area contributed by atoms with Gasteiger partial charge in [-0.2, -0.15) is 0 Å². The van der Waals surface area contributed by atoms with Crippen molar-refractivity contribution in [2.24, 2.45) is 17.1 Å². The second kappa shape index (κ2) is 16.8. The molecule has 9 heteroatoms. The maximum absolute atomic E-state index is 12.8. The Balaban J connectivity index is 2.69. The number of carbonyl (C=O) groups is 4. The molecule has 0 unspecified atom stereocenters. The monoisotopic (exact) mass is 553 g/mol. The zero-order chi connectivity index (χ0) is 30.3. The maximum Gasteiger partial charge on any atom is 0.404 e. The molecule has 1 heterocycles. The van der Waals surface area contributed by atoms with E-state index < -0.39 is 29.6 Å². The van der Waals surface area contributed by atoms with Gasteiger partial charge in [0.25, 0.3) is 0 Å². The van der Waals surface area contributed by atoms with Crippen molar-refractivity contribution in [2.75, 3.05) is 0 Å². The van der Waals surface area contributed by atoms with Crippen LogP contribution in [-0.2, 0) is 23.9 Å². The van der Waals surface area contributed by atoms with Crippen LogP contribution < -0.4 is 16.4 Å². The van der Waals surface area contributed by atoms with E-state index in [9.17, 15) is 19.2 Å². The van der Waals surface area contributed by atoms with Gasteiger partial charge in [0.2, 0.25) is 11.8 Å². The average Bonchev–Trinajstić information content (AvgIpc) is 2.86. The second-order valence-corrected chi connectivity index (χ2v) is 10.7. The number of ether oxygens (including phenoxy) is 2. The first-order valence-electron chi connectivity index (χ1n) is 13.3. The Kier molecular flexibility index (Phi) is 14.3. The number of carbonyl (C=O) groups excluding carboxylic acids is 4. The molecule has 0 aromatic heterocycles. The fraction of sp³-hybridized carbons (Fsp3) is 0.484. The molecule has 0 radical (unpaired) electrons. The first-order chi connectivity index (χ1) is 18.7. The number of cyclic esters (lactones) is 1. The molecule has 1 aliphatic rings. The smallest absolute Gasteiger partial charge is 0.404 e. The number of nitrogens with one attached hydrogen (secondary N) is 2. The van der Waals surface area contributed by atoms with E-state index in [0.29, 0.717) is 24.8 Å². The minimum atomic E-state index is -0.890. The van der Waals surface area contributed by atoms with Crippen LogP contribution in [0.3, 0.4) is 0 Å². The van der Waals surface area contributed by atoms with Gasteiger partial charge < -0.3 is 25.8 Å². The molecule has 0 saturated heterocycles. The largest absolute Gasteiger partial charge is 0.458 e. The summed E-state index contributed by atoms with van der Waals surface area (Å²) < 4.78 is 10.5. The molecule has 4 N–H and O–H groups in total. The Hall–Kier alpha value is -4.06. The summed E-state index contributed by atoms with van der Waals surface area (Å²) in [4.78, 5) is 48.2. The number of hydrogen-bond acceptors (Lipinski definition) is 6. The van der Waals surface area contributed by atoms with E-state index in [-0.39, 0.29) is 23.9 Å². The third kappa shape index (κ3) is 13.1. The SMILES string of the molecule is CC#CC[C@@H](C/C=C\NC(=O)[C@@H](NC(=O)\C=C/C=C\C(C)=C\[C@H](C)[C@@H]1CC=C(C)C(=O)O1)C(C)(C)C)OC(N)=O. The van der Waals surface area contributed by atoms with E-state index in [1.54, 1.807) is 32.1 Å². The van der Waals surface area contributed by atoms with Crippen molar-refractivity contribution in [1.82, 2.24) is 10.6 Å². The average molecular weight is 554 g/mol. The number of hydrogen-bond donors (Lipinski definition) is 3. The fourth-order valence-electron chi connectivity index (χ4n) is 3.77. The normalized spacial score (nSPS) is 18.4. The third-order valence-corrected chi connectivity index (χ3v) is 6.01. The number of esters is 1. The van der Waals surface area contributed by atoms with Crippen LogP contribution in [0.1, 0.15) is 67.7 Å². The molecule has 1 rings (SSSR count). The maximum atomic E-state index is 12.8. The highest BCUT2D eigenvalue weighted by Crippen LogP contribution is 2.22. The van der Waals surface area contributed by atoms with E-state index >= 15 is 0 Å². The number of amides is 3. The zero-order valence-corrected chi connectivity index (χ0v) is 24.6. The van der Waals surface area contributed by atoms with E-state index in [0.717, 1.165) is 5.57 Å². The molecule has 0 aromatic rings. The van der Waals surface area contributed by atoms with Crippen molar-refractivity contribution in [3.05, 3.63) is 59.9 Å². The highest BCUT2D eigenvalue weighted by molar-refractivity contribution is 5.93. The minimum absolute atomic E-state index is 0.0388. The van der Waals surface area contributed by atoms with Gasteiger partial charge in [-0.25, -0.2) is 9.59 Å². The lowest BCUT2D eigenvalue weighted by atomic mass is 9.86. The van der Waals surface area contributed by atoms with E-state index in [1.807, 2.05) is 52.8 Å². The van der Waals surface area contributed by atoms with Gasteiger partial charge in [-0.05, 0) is 32.4 Å². The minimum Gasteiger partial charge on any atom is -0.458 e. The number of primary amides is 1. The number of allylic oxidation sites excluding steroid dienone is 4. The molecule has 218 valence electrons. The van der Waals surface area contributed by atoms with Crippen molar-refractivity contribution in [3.63, 3.8) is 0 Å². The highest BCUT2D eigenvalue weighted by Gasteiger charge is 2.32. The molecule has 0 spiro atoms. The molecule has 9 nitrogen and oxygen atoms in total. The summed E-state index contributed by atoms with van der Waals surface area (Å²) in [6.07, 6.45) is 13.2. The molecular formula is C31H43N3O6. The molecule has 0 aliphatic carbocycles. The summed E-state index contributed by atoms with van der Waals surface area (Å²) in [5.41, 5.74) is 6.13. The third-order valence-electron chi connectivity index (χ3n) is 6.01. The Labute approximate surface area is 238 Å². The van der Waals surface area contributed by atoms with Crippen LogP contribution in [0.25, 0.3) is 0 Å². The van der Waals surface area contributed by atoms with Gasteiger partial charge >= 0.3 is 12.1 Å². The van der Waals surface area contributed by atoms with Crippen molar-refractivity contribution in [3.8, 4) is 11.8 Å². The Morgan fingerprint density at radius 2 is 1.93 bits per heavy atom. The van der Waals surface area contributed by atoms with Crippen molar-refractivity contribution >= 4 is 23.9 Å². The van der Waals surface area contributed by atoms with Gasteiger partial charge in [0.1, 0.15) is 18.2 Å². The van der Waals surface area contributed by atoms with Crippen LogP contribution in [0.5, 0.6) is 0 Å². The standard InChI is InChI=1S/C31H43N3O6/c1-8-9-14-24(39-30(32)38)15-12-19-33-28(36)27(31(5,6)7)34-26(35)16-11-10-13-21(2)20-23(4)25-18-17-22(3)29(37)40-25/h10-13,16-17,19-20,23-25,27H,14-15,18H2,1-7H3,(H2,32,38)(H,33,36)(H,34,35)/b13-10-,16-11-,19-12-,21-20+/t23-,24-,25-,27+/m0/s1. The van der Waals surface area contributed by atoms with Gasteiger partial charge in [0.15, 0.2) is 0 Å². The molecule has 40 heavy (non-hydrogen) atoms. The summed E-state index contributed by atoms with van der Waals surface area (Å²) in [7, 11) is 0. The lowest BCUT2D eigenvalue weighted by Crippen LogP contribution is -2.52. The van der Waals surface area contributed by atoms with Crippen molar-refractivity contribution < 1.29 is 28.7 Å². The van der Waals surface area contributed by atoms with Crippen LogP contribution in [0.4, 0.5) is 4.79 Å². The molecular weight excluding hydrogens is 510 g/mol. The first-order valence-corrected chi connectivity index (χ1v) is 13.3. The summed E-state index contributed by atoms with van der Waals surface area (Å²) >= 11 is 0. The lowest BCUT2D eigenvalue weighted by molar-refractivity contribution is -0.147. The van der Waals surface area contributed by atoms with Crippen LogP contribution in [0.2, 0.25) is 0 Å². The quantitative estimate of drug-likeness (QED) is 0.142. The number of nitrogens with two attached hydrogens (primary N) is 1. The predicted molar refractivity (Wildman–Crippen MR) is 155 cm³/mol. The summed E-state index contributed by atoms with van der Waals surface area (Å²) in [6, 6.07) is -0.805. The van der Waals surface area contributed by atoms with Crippen molar-refractivity contribution in [1.29, 1.82) is 0 Å². The molecule has 3 amide bonds. The predicted octanol–water partition coefficient (Wildman–Crippen LogP) is 4.37. The topological polar surface area (TPSA) is 137 Å². The Bertz CT molecular complexity index is 1130. The molecule has 0 bridgehead atoms. The van der Waals surface area contributed by atoms with Gasteiger partial charge in [0.05, 0.1) is 0 Å². The number of rotatable bonds is 12. The van der Waals surface area contributed by atoms with Crippen LogP contribution >= 0.6 is 0 Å². The Morgan fingerprint density at radius 3 is 2.52 bits per heavy atom. The van der Waals surface area contributed by atoms with E-state index in [4.69, 9.17) is 15.2 Å². The molecule has 0 saturated carbocycles. The zero-order valence-electron chi connectivity index (χ0n) is 24.6. The summed E-state index contributed by atoms with van der Waals surface area (Å²) in [6.45, 7) is 12.9.